The number of carbonyl (C=O) groups excluding carboxylic acids is 3. The summed E-state index contributed by atoms with van der Waals surface area (Å²) in [5, 5.41) is 23.0. The van der Waals surface area contributed by atoms with E-state index in [2.05, 4.69) is 25.8 Å². The lowest BCUT2D eigenvalue weighted by atomic mass is 10.0. The van der Waals surface area contributed by atoms with Crippen molar-refractivity contribution >= 4 is 46.1 Å². The maximum atomic E-state index is 15.2. The van der Waals surface area contributed by atoms with E-state index in [1.807, 2.05) is 0 Å². The zero-order valence-electron chi connectivity index (χ0n) is 24.4. The standard InChI is InChI=1S/C30H31F2N7O5/c1-16(2)38-14-20(28(41)39(29(38)42)19-8-5-17(31)6-9-19)27(40)35-18-7-10-22(21(32)13-18)44-23-11-12-33-25-24(23)26(37-36-25)34-15-30(3,4)43/h5-13,16,20,43H,14-15H2,1-4H3,(H,35,40)(H2,33,34,36,37). The molecule has 2 aromatic carbocycles. The first kappa shape index (κ1) is 30.4. The Hall–Kier alpha value is -5.11. The van der Waals surface area contributed by atoms with E-state index >= 15 is 4.39 Å². The van der Waals surface area contributed by atoms with Crippen LogP contribution in [0.5, 0.6) is 11.5 Å². The predicted octanol–water partition coefficient (Wildman–Crippen LogP) is 4.64. The number of aromatic nitrogens is 3. The predicted molar refractivity (Wildman–Crippen MR) is 158 cm³/mol. The monoisotopic (exact) mass is 607 g/mol. The van der Waals surface area contributed by atoms with Crippen molar-refractivity contribution < 1.29 is 33.0 Å². The molecule has 44 heavy (non-hydrogen) atoms. The number of nitrogens with zero attached hydrogens (tertiary/aromatic N) is 4. The SMILES string of the molecule is CC(C)N1CC(C(=O)Nc2ccc(Oc3ccnc4[nH]nc(NCC(C)(C)O)c34)c(F)c2)C(=O)N(c2ccc(F)cc2)C1=O. The highest BCUT2D eigenvalue weighted by atomic mass is 19.1. The molecule has 1 aliphatic heterocycles. The van der Waals surface area contributed by atoms with Gasteiger partial charge in [-0.1, -0.05) is 0 Å². The molecule has 1 unspecified atom stereocenters. The van der Waals surface area contributed by atoms with Crippen molar-refractivity contribution in [2.75, 3.05) is 28.6 Å². The number of hydrogen-bond acceptors (Lipinski definition) is 8. The van der Waals surface area contributed by atoms with Crippen molar-refractivity contribution in [3.63, 3.8) is 0 Å². The number of aliphatic hydroxyl groups is 1. The second-order valence-electron chi connectivity index (χ2n) is 11.2. The second-order valence-corrected chi connectivity index (χ2v) is 11.2. The number of carbonyl (C=O) groups is 3. The molecule has 1 saturated heterocycles. The molecule has 1 atom stereocenters. The number of imide groups is 1. The molecule has 5 rings (SSSR count). The average Bonchev–Trinajstić information content (AvgIpc) is 3.38. The largest absolute Gasteiger partial charge is 0.453 e. The lowest BCUT2D eigenvalue weighted by molar-refractivity contribution is -0.132. The molecule has 0 spiro atoms. The molecule has 230 valence electrons. The summed E-state index contributed by atoms with van der Waals surface area (Å²) in [6, 6.07) is 9.13. The van der Waals surface area contributed by atoms with Crippen LogP contribution in [0.3, 0.4) is 0 Å². The van der Waals surface area contributed by atoms with Gasteiger partial charge in [-0.05, 0) is 64.1 Å². The average molecular weight is 608 g/mol. The number of anilines is 3. The third kappa shape index (κ3) is 6.29. The van der Waals surface area contributed by atoms with E-state index < -0.39 is 41.0 Å². The van der Waals surface area contributed by atoms with Crippen LogP contribution in [0.1, 0.15) is 27.7 Å². The summed E-state index contributed by atoms with van der Waals surface area (Å²) in [5.41, 5.74) is -0.459. The van der Waals surface area contributed by atoms with Gasteiger partial charge in [0.05, 0.1) is 11.3 Å². The van der Waals surface area contributed by atoms with Gasteiger partial charge in [-0.2, -0.15) is 5.10 Å². The van der Waals surface area contributed by atoms with Gasteiger partial charge in [-0.15, -0.1) is 0 Å². The van der Waals surface area contributed by atoms with Gasteiger partial charge < -0.3 is 25.4 Å². The maximum absolute atomic E-state index is 15.2. The molecule has 1 aliphatic rings. The van der Waals surface area contributed by atoms with Crippen molar-refractivity contribution in [1.29, 1.82) is 0 Å². The minimum Gasteiger partial charge on any atom is -0.453 e. The fourth-order valence-corrected chi connectivity index (χ4v) is 4.63. The number of rotatable bonds is 9. The molecule has 3 heterocycles. The second kappa shape index (κ2) is 11.9. The highest BCUT2D eigenvalue weighted by molar-refractivity contribution is 6.23. The van der Waals surface area contributed by atoms with Gasteiger partial charge in [-0.3, -0.25) is 14.7 Å². The van der Waals surface area contributed by atoms with Crippen molar-refractivity contribution in [3.05, 3.63) is 66.4 Å². The van der Waals surface area contributed by atoms with Crippen molar-refractivity contribution in [2.24, 2.45) is 5.92 Å². The zero-order valence-corrected chi connectivity index (χ0v) is 24.4. The number of nitrogens with one attached hydrogen (secondary N) is 3. The number of pyridine rings is 1. The molecular weight excluding hydrogens is 576 g/mol. The van der Waals surface area contributed by atoms with Crippen LogP contribution in [0.4, 0.5) is 30.8 Å². The van der Waals surface area contributed by atoms with Crippen LogP contribution in [0.25, 0.3) is 11.0 Å². The van der Waals surface area contributed by atoms with E-state index in [0.717, 1.165) is 23.1 Å². The zero-order chi connectivity index (χ0) is 31.8. The van der Waals surface area contributed by atoms with Gasteiger partial charge in [0.1, 0.15) is 22.9 Å². The van der Waals surface area contributed by atoms with Crippen molar-refractivity contribution in [1.82, 2.24) is 20.1 Å². The smallest absolute Gasteiger partial charge is 0.331 e. The molecular formula is C30H31F2N7O5. The molecule has 0 saturated carbocycles. The van der Waals surface area contributed by atoms with E-state index in [9.17, 15) is 23.9 Å². The molecule has 0 radical (unpaired) electrons. The fraction of sp³-hybridized carbons (Fsp3) is 0.300. The molecule has 4 amide bonds. The first-order valence-electron chi connectivity index (χ1n) is 13.8. The third-order valence-corrected chi connectivity index (χ3v) is 6.89. The van der Waals surface area contributed by atoms with Gasteiger partial charge in [0.15, 0.2) is 23.0 Å². The Labute approximate surface area is 251 Å². The first-order chi connectivity index (χ1) is 20.8. The summed E-state index contributed by atoms with van der Waals surface area (Å²) in [5.74, 6) is -3.74. The van der Waals surface area contributed by atoms with Gasteiger partial charge >= 0.3 is 6.03 Å². The number of H-pyrrole nitrogens is 1. The van der Waals surface area contributed by atoms with Crippen LogP contribution >= 0.6 is 0 Å². The Bertz CT molecular complexity index is 1720. The van der Waals surface area contributed by atoms with Gasteiger partial charge in [0, 0.05) is 43.1 Å². The van der Waals surface area contributed by atoms with E-state index in [-0.39, 0.29) is 42.0 Å². The Kier molecular flexibility index (Phi) is 8.19. The number of fused-ring (bicyclic) bond motifs is 1. The number of aromatic amines is 1. The van der Waals surface area contributed by atoms with Crippen LogP contribution in [0.15, 0.2) is 54.7 Å². The summed E-state index contributed by atoms with van der Waals surface area (Å²) in [7, 11) is 0. The number of hydrogen-bond donors (Lipinski definition) is 4. The van der Waals surface area contributed by atoms with Gasteiger partial charge in [0.2, 0.25) is 11.8 Å². The van der Waals surface area contributed by atoms with E-state index in [1.165, 1.54) is 41.4 Å². The van der Waals surface area contributed by atoms with E-state index in [1.54, 1.807) is 27.7 Å². The highest BCUT2D eigenvalue weighted by Gasteiger charge is 2.44. The summed E-state index contributed by atoms with van der Waals surface area (Å²) >= 11 is 0. The molecule has 0 aliphatic carbocycles. The van der Waals surface area contributed by atoms with Gasteiger partial charge in [-0.25, -0.2) is 23.5 Å². The Morgan fingerprint density at radius 3 is 2.52 bits per heavy atom. The molecule has 14 heteroatoms. The van der Waals surface area contributed by atoms with Crippen LogP contribution in [0.2, 0.25) is 0 Å². The molecule has 0 bridgehead atoms. The Morgan fingerprint density at radius 2 is 1.86 bits per heavy atom. The summed E-state index contributed by atoms with van der Waals surface area (Å²) in [6.45, 7) is 6.74. The van der Waals surface area contributed by atoms with Crippen LogP contribution in [-0.4, -0.2) is 67.8 Å². The van der Waals surface area contributed by atoms with Crippen LogP contribution < -0.4 is 20.3 Å². The lowest BCUT2D eigenvalue weighted by Gasteiger charge is -2.39. The van der Waals surface area contributed by atoms with Crippen LogP contribution in [0, 0.1) is 17.6 Å². The number of halogens is 2. The minimum atomic E-state index is -1.31. The highest BCUT2D eigenvalue weighted by Crippen LogP contribution is 2.35. The number of urea groups is 1. The summed E-state index contributed by atoms with van der Waals surface area (Å²) in [4.78, 5) is 46.2. The minimum absolute atomic E-state index is 0.0599. The molecule has 4 N–H and O–H groups in total. The summed E-state index contributed by atoms with van der Waals surface area (Å²) in [6.07, 6.45) is 1.46. The molecule has 2 aromatic heterocycles. The number of ether oxygens (including phenoxy) is 1. The molecule has 12 nitrogen and oxygen atoms in total. The van der Waals surface area contributed by atoms with Crippen LogP contribution in [-0.2, 0) is 9.59 Å². The lowest BCUT2D eigenvalue weighted by Crippen LogP contribution is -2.61. The summed E-state index contributed by atoms with van der Waals surface area (Å²) < 4.78 is 34.6. The first-order valence-corrected chi connectivity index (χ1v) is 13.8. The quantitative estimate of drug-likeness (QED) is 0.201. The number of benzene rings is 2. The topological polar surface area (TPSA) is 153 Å². The maximum Gasteiger partial charge on any atom is 0.331 e. The van der Waals surface area contributed by atoms with Crippen molar-refractivity contribution in [3.8, 4) is 11.5 Å². The van der Waals surface area contributed by atoms with Gasteiger partial charge in [0.25, 0.3) is 0 Å². The Balaban J connectivity index is 1.35. The third-order valence-electron chi connectivity index (χ3n) is 6.89. The number of amides is 4. The fourth-order valence-electron chi connectivity index (χ4n) is 4.63. The normalized spacial score (nSPS) is 15.7. The van der Waals surface area contributed by atoms with E-state index in [0.29, 0.717) is 16.9 Å². The molecule has 4 aromatic rings. The van der Waals surface area contributed by atoms with E-state index in [4.69, 9.17) is 4.74 Å². The Morgan fingerprint density at radius 1 is 1.14 bits per heavy atom. The molecule has 1 fully saturated rings. The van der Waals surface area contributed by atoms with Crippen molar-refractivity contribution in [2.45, 2.75) is 39.3 Å².